The van der Waals surface area contributed by atoms with Crippen LogP contribution >= 0.6 is 0 Å². The van der Waals surface area contributed by atoms with Gasteiger partial charge in [0.1, 0.15) is 17.3 Å². The summed E-state index contributed by atoms with van der Waals surface area (Å²) in [6.07, 6.45) is 1.71. The number of methoxy groups -OCH3 is 2. The van der Waals surface area contributed by atoms with Crippen LogP contribution in [0.1, 0.15) is 5.56 Å². The molecule has 0 saturated heterocycles. The number of aromatic nitrogens is 2. The van der Waals surface area contributed by atoms with Crippen molar-refractivity contribution >= 4 is 5.82 Å². The van der Waals surface area contributed by atoms with Crippen LogP contribution in [-0.4, -0.2) is 31.2 Å². The van der Waals surface area contributed by atoms with Gasteiger partial charge in [0, 0.05) is 13.2 Å². The van der Waals surface area contributed by atoms with E-state index in [1.54, 1.807) is 26.5 Å². The van der Waals surface area contributed by atoms with Crippen molar-refractivity contribution in [1.82, 2.24) is 9.97 Å². The molecule has 0 atom stereocenters. The Kier molecular flexibility index (Phi) is 3.85. The Morgan fingerprint density at radius 3 is 2.47 bits per heavy atom. The number of nitrogens with one attached hydrogen (secondary N) is 1. The van der Waals surface area contributed by atoms with E-state index in [0.717, 1.165) is 28.4 Å². The van der Waals surface area contributed by atoms with Gasteiger partial charge < -0.3 is 14.8 Å². The van der Waals surface area contributed by atoms with Gasteiger partial charge in [-0.2, -0.15) is 0 Å². The van der Waals surface area contributed by atoms with E-state index in [1.807, 2.05) is 26.1 Å². The predicted octanol–water partition coefficient (Wildman–Crippen LogP) is 2.51. The zero-order chi connectivity index (χ0) is 13.8. The maximum absolute atomic E-state index is 5.40. The first-order valence-electron chi connectivity index (χ1n) is 5.93. The second kappa shape index (κ2) is 5.56. The monoisotopic (exact) mass is 259 g/mol. The molecule has 0 aliphatic heterocycles. The molecule has 1 heterocycles. The molecule has 1 aromatic carbocycles. The third kappa shape index (κ3) is 2.59. The molecule has 0 aliphatic carbocycles. The molecule has 2 rings (SSSR count). The number of anilines is 1. The minimum atomic E-state index is 0.599. The van der Waals surface area contributed by atoms with Crippen LogP contribution in [0.3, 0.4) is 0 Å². The van der Waals surface area contributed by atoms with Crippen LogP contribution in [-0.2, 0) is 0 Å². The summed E-state index contributed by atoms with van der Waals surface area (Å²) in [6.45, 7) is 1.97. The van der Waals surface area contributed by atoms with E-state index in [1.165, 1.54) is 0 Å². The zero-order valence-corrected chi connectivity index (χ0v) is 11.5. The van der Waals surface area contributed by atoms with Crippen molar-refractivity contribution in [1.29, 1.82) is 0 Å². The average molecular weight is 259 g/mol. The van der Waals surface area contributed by atoms with Gasteiger partial charge in [-0.25, -0.2) is 9.97 Å². The normalized spacial score (nSPS) is 10.1. The van der Waals surface area contributed by atoms with E-state index in [4.69, 9.17) is 9.47 Å². The molecule has 1 N–H and O–H groups in total. The zero-order valence-electron chi connectivity index (χ0n) is 11.5. The van der Waals surface area contributed by atoms with Crippen LogP contribution < -0.4 is 14.8 Å². The topological polar surface area (TPSA) is 56.3 Å². The van der Waals surface area contributed by atoms with E-state index in [2.05, 4.69) is 15.3 Å². The van der Waals surface area contributed by atoms with Crippen molar-refractivity contribution in [2.75, 3.05) is 26.6 Å². The van der Waals surface area contributed by atoms with Crippen LogP contribution in [0.2, 0.25) is 0 Å². The van der Waals surface area contributed by atoms with Gasteiger partial charge in [-0.1, -0.05) is 0 Å². The Hall–Kier alpha value is -2.30. The van der Waals surface area contributed by atoms with Crippen molar-refractivity contribution in [3.8, 4) is 22.9 Å². The fourth-order valence-electron chi connectivity index (χ4n) is 1.85. The number of ether oxygens (including phenoxy) is 2. The largest absolute Gasteiger partial charge is 0.496 e. The number of nitrogens with zero attached hydrogens (tertiary/aromatic N) is 2. The number of benzene rings is 1. The predicted molar refractivity (Wildman–Crippen MR) is 74.9 cm³/mol. The number of aryl methyl sites for hydroxylation is 1. The third-order valence-electron chi connectivity index (χ3n) is 2.87. The van der Waals surface area contributed by atoms with Crippen LogP contribution in [0.15, 0.2) is 24.4 Å². The quantitative estimate of drug-likeness (QED) is 0.914. The Morgan fingerprint density at radius 2 is 1.84 bits per heavy atom. The lowest BCUT2D eigenvalue weighted by atomic mass is 10.1. The van der Waals surface area contributed by atoms with Crippen LogP contribution in [0, 0.1) is 6.92 Å². The molecule has 0 radical (unpaired) electrons. The number of hydrogen-bond acceptors (Lipinski definition) is 5. The Labute approximate surface area is 112 Å². The smallest absolute Gasteiger partial charge is 0.165 e. The average Bonchev–Trinajstić information content (AvgIpc) is 2.46. The van der Waals surface area contributed by atoms with Gasteiger partial charge in [0.05, 0.1) is 19.8 Å². The lowest BCUT2D eigenvalue weighted by molar-refractivity contribution is 0.401. The number of hydrogen-bond donors (Lipinski definition) is 1. The highest BCUT2D eigenvalue weighted by atomic mass is 16.5. The van der Waals surface area contributed by atoms with Crippen LogP contribution in [0.4, 0.5) is 5.82 Å². The molecule has 19 heavy (non-hydrogen) atoms. The summed E-state index contributed by atoms with van der Waals surface area (Å²) in [5.74, 6) is 2.87. The summed E-state index contributed by atoms with van der Waals surface area (Å²) >= 11 is 0. The molecule has 5 heteroatoms. The van der Waals surface area contributed by atoms with Gasteiger partial charge in [0.15, 0.2) is 5.82 Å². The van der Waals surface area contributed by atoms with Gasteiger partial charge in [-0.05, 0) is 30.7 Å². The van der Waals surface area contributed by atoms with E-state index < -0.39 is 0 Å². The second-order valence-electron chi connectivity index (χ2n) is 4.04. The standard InChI is InChI=1S/C14H17N3O2/c1-9-7-12(19-4)10(8-11(9)18-3)14-16-6-5-13(15-2)17-14/h5-8H,1-4H3,(H,15,16,17). The van der Waals surface area contributed by atoms with E-state index in [-0.39, 0.29) is 0 Å². The summed E-state index contributed by atoms with van der Waals surface area (Å²) in [7, 11) is 5.09. The van der Waals surface area contributed by atoms with Crippen molar-refractivity contribution < 1.29 is 9.47 Å². The van der Waals surface area contributed by atoms with Gasteiger partial charge >= 0.3 is 0 Å². The molecular formula is C14H17N3O2. The molecule has 0 amide bonds. The van der Waals surface area contributed by atoms with Crippen molar-refractivity contribution in [3.05, 3.63) is 30.0 Å². The molecule has 1 aromatic heterocycles. The summed E-state index contributed by atoms with van der Waals surface area (Å²) in [4.78, 5) is 8.70. The van der Waals surface area contributed by atoms with Crippen molar-refractivity contribution in [2.45, 2.75) is 6.92 Å². The number of rotatable bonds is 4. The SMILES string of the molecule is CNc1ccnc(-c2cc(OC)c(C)cc2OC)n1. The summed E-state index contributed by atoms with van der Waals surface area (Å²) in [6, 6.07) is 5.62. The van der Waals surface area contributed by atoms with Gasteiger partial charge in [-0.15, -0.1) is 0 Å². The van der Waals surface area contributed by atoms with Gasteiger partial charge in [-0.3, -0.25) is 0 Å². The minimum absolute atomic E-state index is 0.599. The molecule has 100 valence electrons. The Balaban J connectivity index is 2.58. The molecule has 0 spiro atoms. The summed E-state index contributed by atoms with van der Waals surface area (Å²) in [5.41, 5.74) is 1.81. The Bertz CT molecular complexity index is 585. The van der Waals surface area contributed by atoms with Crippen molar-refractivity contribution in [2.24, 2.45) is 0 Å². The molecule has 2 aromatic rings. The maximum Gasteiger partial charge on any atom is 0.165 e. The molecule has 0 aliphatic rings. The molecule has 0 unspecified atom stereocenters. The Morgan fingerprint density at radius 1 is 1.11 bits per heavy atom. The third-order valence-corrected chi connectivity index (χ3v) is 2.87. The summed E-state index contributed by atoms with van der Waals surface area (Å²) < 4.78 is 10.7. The molecule has 0 fully saturated rings. The fourth-order valence-corrected chi connectivity index (χ4v) is 1.85. The molecule has 0 bridgehead atoms. The molecular weight excluding hydrogens is 242 g/mol. The minimum Gasteiger partial charge on any atom is -0.496 e. The molecule has 5 nitrogen and oxygen atoms in total. The van der Waals surface area contributed by atoms with Crippen molar-refractivity contribution in [3.63, 3.8) is 0 Å². The van der Waals surface area contributed by atoms with Crippen LogP contribution in [0.25, 0.3) is 11.4 Å². The molecule has 0 saturated carbocycles. The fraction of sp³-hybridized carbons (Fsp3) is 0.286. The van der Waals surface area contributed by atoms with E-state index in [0.29, 0.717) is 5.82 Å². The highest BCUT2D eigenvalue weighted by Gasteiger charge is 2.13. The maximum atomic E-state index is 5.40. The lowest BCUT2D eigenvalue weighted by Gasteiger charge is -2.12. The van der Waals surface area contributed by atoms with E-state index >= 15 is 0 Å². The first kappa shape index (κ1) is 13.1. The second-order valence-corrected chi connectivity index (χ2v) is 4.04. The summed E-state index contributed by atoms with van der Waals surface area (Å²) in [5, 5.41) is 2.99. The van der Waals surface area contributed by atoms with Gasteiger partial charge in [0.2, 0.25) is 0 Å². The lowest BCUT2D eigenvalue weighted by Crippen LogP contribution is -1.99. The first-order chi connectivity index (χ1) is 9.19. The van der Waals surface area contributed by atoms with Crippen LogP contribution in [0.5, 0.6) is 11.5 Å². The van der Waals surface area contributed by atoms with Gasteiger partial charge in [0.25, 0.3) is 0 Å². The highest BCUT2D eigenvalue weighted by Crippen LogP contribution is 2.34. The first-order valence-corrected chi connectivity index (χ1v) is 5.93. The highest BCUT2D eigenvalue weighted by molar-refractivity contribution is 5.68. The van der Waals surface area contributed by atoms with E-state index in [9.17, 15) is 0 Å².